The number of nitrogens with zero attached hydrogens (tertiary/aromatic N) is 3. The molecule has 2 atom stereocenters. The van der Waals surface area contributed by atoms with E-state index in [1.807, 2.05) is 6.20 Å². The van der Waals surface area contributed by atoms with Gasteiger partial charge in [-0.2, -0.15) is 0 Å². The quantitative estimate of drug-likeness (QED) is 0.317. The number of guanidine groups is 1. The minimum absolute atomic E-state index is 0. The number of hydrogen-bond donors (Lipinski definition) is 2. The summed E-state index contributed by atoms with van der Waals surface area (Å²) in [6, 6.07) is 11.7. The SMILES string of the molecule is CCNC(=NCc1ncc(C(C)(C)C)o1)NC1CCN(Cc2ccccc2)C(C)C1.I. The van der Waals surface area contributed by atoms with E-state index in [0.717, 1.165) is 44.2 Å². The Kier molecular flexibility index (Phi) is 9.81. The van der Waals surface area contributed by atoms with Crippen molar-refractivity contribution < 1.29 is 4.42 Å². The Morgan fingerprint density at radius 2 is 2.00 bits per heavy atom. The summed E-state index contributed by atoms with van der Waals surface area (Å²) < 4.78 is 5.87. The smallest absolute Gasteiger partial charge is 0.216 e. The molecule has 6 nitrogen and oxygen atoms in total. The van der Waals surface area contributed by atoms with Crippen LogP contribution in [0.2, 0.25) is 0 Å². The molecule has 3 rings (SSSR count). The fraction of sp³-hybridized carbons (Fsp3) is 0.583. The molecule has 1 saturated heterocycles. The third-order valence-corrected chi connectivity index (χ3v) is 5.59. The number of piperidine rings is 1. The molecule has 1 aliphatic heterocycles. The third kappa shape index (κ3) is 7.79. The van der Waals surface area contributed by atoms with Crippen LogP contribution < -0.4 is 10.6 Å². The molecule has 0 spiro atoms. The Morgan fingerprint density at radius 1 is 1.26 bits per heavy atom. The summed E-state index contributed by atoms with van der Waals surface area (Å²) >= 11 is 0. The van der Waals surface area contributed by atoms with Gasteiger partial charge in [-0.1, -0.05) is 51.1 Å². The first kappa shape index (κ1) is 25.6. The van der Waals surface area contributed by atoms with E-state index in [1.54, 1.807) is 0 Å². The van der Waals surface area contributed by atoms with Gasteiger partial charge in [-0.15, -0.1) is 24.0 Å². The van der Waals surface area contributed by atoms with Crippen molar-refractivity contribution in [1.82, 2.24) is 20.5 Å². The van der Waals surface area contributed by atoms with E-state index in [4.69, 9.17) is 9.41 Å². The number of oxazole rings is 1. The monoisotopic (exact) mass is 539 g/mol. The molecule has 0 aliphatic carbocycles. The lowest BCUT2D eigenvalue weighted by Crippen LogP contribution is -2.51. The van der Waals surface area contributed by atoms with E-state index < -0.39 is 0 Å². The molecule has 1 fully saturated rings. The van der Waals surface area contributed by atoms with Gasteiger partial charge in [0.1, 0.15) is 12.3 Å². The minimum Gasteiger partial charge on any atom is -0.443 e. The lowest BCUT2D eigenvalue weighted by Gasteiger charge is -2.38. The van der Waals surface area contributed by atoms with Crippen LogP contribution in [0, 0.1) is 0 Å². The fourth-order valence-electron chi connectivity index (χ4n) is 3.79. The molecule has 0 amide bonds. The van der Waals surface area contributed by atoms with Gasteiger partial charge in [0.05, 0.1) is 6.20 Å². The lowest BCUT2D eigenvalue weighted by molar-refractivity contribution is 0.134. The van der Waals surface area contributed by atoms with Crippen LogP contribution >= 0.6 is 24.0 Å². The number of benzene rings is 1. The molecule has 2 aromatic rings. The van der Waals surface area contributed by atoms with Gasteiger partial charge >= 0.3 is 0 Å². The normalized spacial score (nSPS) is 20.2. The Morgan fingerprint density at radius 3 is 2.61 bits per heavy atom. The number of hydrogen-bond acceptors (Lipinski definition) is 4. The van der Waals surface area contributed by atoms with Crippen LogP contribution in [-0.4, -0.2) is 41.0 Å². The second-order valence-corrected chi connectivity index (χ2v) is 9.23. The zero-order chi connectivity index (χ0) is 21.6. The minimum atomic E-state index is -0.0401. The third-order valence-electron chi connectivity index (χ3n) is 5.59. The Balaban J connectivity index is 0.00000341. The van der Waals surface area contributed by atoms with E-state index in [-0.39, 0.29) is 29.4 Å². The number of nitrogens with one attached hydrogen (secondary N) is 2. The summed E-state index contributed by atoms with van der Waals surface area (Å²) in [6.07, 6.45) is 4.02. The molecule has 31 heavy (non-hydrogen) atoms. The molecule has 0 saturated carbocycles. The van der Waals surface area contributed by atoms with Crippen LogP contribution in [0.4, 0.5) is 0 Å². The maximum absolute atomic E-state index is 5.87. The highest BCUT2D eigenvalue weighted by atomic mass is 127. The predicted octanol–water partition coefficient (Wildman–Crippen LogP) is 4.70. The Hall–Kier alpha value is -1.61. The average Bonchev–Trinajstić information content (AvgIpc) is 3.19. The predicted molar refractivity (Wildman–Crippen MR) is 138 cm³/mol. The van der Waals surface area contributed by atoms with E-state index in [2.05, 4.69) is 85.5 Å². The molecule has 172 valence electrons. The van der Waals surface area contributed by atoms with Crippen LogP contribution in [0.5, 0.6) is 0 Å². The van der Waals surface area contributed by atoms with Crippen LogP contribution in [-0.2, 0) is 18.5 Å². The summed E-state index contributed by atoms with van der Waals surface area (Å²) in [5.74, 6) is 2.38. The molecular formula is C24H38IN5O. The van der Waals surface area contributed by atoms with E-state index in [1.165, 1.54) is 5.56 Å². The van der Waals surface area contributed by atoms with Crippen molar-refractivity contribution >= 4 is 29.9 Å². The second-order valence-electron chi connectivity index (χ2n) is 9.23. The van der Waals surface area contributed by atoms with Gasteiger partial charge in [-0.05, 0) is 32.3 Å². The van der Waals surface area contributed by atoms with Crippen molar-refractivity contribution in [3.8, 4) is 0 Å². The van der Waals surface area contributed by atoms with Gasteiger partial charge in [-0.25, -0.2) is 9.98 Å². The van der Waals surface area contributed by atoms with Crippen molar-refractivity contribution in [2.75, 3.05) is 13.1 Å². The van der Waals surface area contributed by atoms with Gasteiger partial charge in [-0.3, -0.25) is 4.90 Å². The lowest BCUT2D eigenvalue weighted by atomic mass is 9.94. The molecule has 2 heterocycles. The highest BCUT2D eigenvalue weighted by Crippen LogP contribution is 2.23. The molecular weight excluding hydrogens is 501 g/mol. The largest absolute Gasteiger partial charge is 0.443 e. The van der Waals surface area contributed by atoms with E-state index in [0.29, 0.717) is 24.5 Å². The first-order chi connectivity index (χ1) is 14.3. The molecule has 0 bridgehead atoms. The van der Waals surface area contributed by atoms with Crippen molar-refractivity contribution in [3.05, 3.63) is 53.7 Å². The molecule has 1 aliphatic rings. The molecule has 1 aromatic carbocycles. The summed E-state index contributed by atoms with van der Waals surface area (Å²) in [7, 11) is 0. The van der Waals surface area contributed by atoms with Crippen LogP contribution in [0.1, 0.15) is 64.7 Å². The van der Waals surface area contributed by atoms with Crippen molar-refractivity contribution in [2.24, 2.45) is 4.99 Å². The molecule has 0 radical (unpaired) electrons. The first-order valence-corrected chi connectivity index (χ1v) is 11.1. The van der Waals surface area contributed by atoms with Crippen molar-refractivity contribution in [1.29, 1.82) is 0 Å². The highest BCUT2D eigenvalue weighted by molar-refractivity contribution is 14.0. The first-order valence-electron chi connectivity index (χ1n) is 11.1. The topological polar surface area (TPSA) is 65.7 Å². The summed E-state index contributed by atoms with van der Waals surface area (Å²) in [4.78, 5) is 11.7. The fourth-order valence-corrected chi connectivity index (χ4v) is 3.79. The van der Waals surface area contributed by atoms with Crippen LogP contribution in [0.25, 0.3) is 0 Å². The van der Waals surface area contributed by atoms with Crippen LogP contribution in [0.15, 0.2) is 45.9 Å². The molecule has 7 heteroatoms. The second kappa shape index (κ2) is 11.9. The van der Waals surface area contributed by atoms with E-state index in [9.17, 15) is 0 Å². The van der Waals surface area contributed by atoms with Gasteiger partial charge in [0, 0.05) is 37.1 Å². The van der Waals surface area contributed by atoms with Gasteiger partial charge in [0.2, 0.25) is 5.89 Å². The summed E-state index contributed by atoms with van der Waals surface area (Å²) in [5, 5.41) is 6.98. The van der Waals surface area contributed by atoms with Crippen molar-refractivity contribution in [2.45, 2.75) is 78.0 Å². The Bertz CT molecular complexity index is 815. The maximum Gasteiger partial charge on any atom is 0.216 e. The Labute approximate surface area is 204 Å². The number of rotatable bonds is 6. The number of halogens is 1. The highest BCUT2D eigenvalue weighted by Gasteiger charge is 2.26. The standard InChI is InChI=1S/C24H37N5O.HI/c1-6-25-23(27-16-22-26-15-21(30-22)24(3,4)5)28-20-12-13-29(18(2)14-20)17-19-10-8-7-9-11-19;/h7-11,15,18,20H,6,12-14,16-17H2,1-5H3,(H2,25,27,28);1H. The maximum atomic E-state index is 5.87. The zero-order valence-electron chi connectivity index (χ0n) is 19.5. The molecule has 2 unspecified atom stereocenters. The van der Waals surface area contributed by atoms with Gasteiger partial charge in [0.15, 0.2) is 5.96 Å². The summed E-state index contributed by atoms with van der Waals surface area (Å²) in [6.45, 7) is 14.1. The molecule has 2 N–H and O–H groups in total. The van der Waals surface area contributed by atoms with Gasteiger partial charge < -0.3 is 15.1 Å². The number of aromatic nitrogens is 1. The van der Waals surface area contributed by atoms with Gasteiger partial charge in [0.25, 0.3) is 0 Å². The zero-order valence-corrected chi connectivity index (χ0v) is 21.8. The average molecular weight is 540 g/mol. The molecule has 1 aromatic heterocycles. The summed E-state index contributed by atoms with van der Waals surface area (Å²) in [5.41, 5.74) is 1.34. The van der Waals surface area contributed by atoms with Crippen LogP contribution in [0.3, 0.4) is 0 Å². The number of aliphatic imine (C=N–C) groups is 1. The van der Waals surface area contributed by atoms with Crippen molar-refractivity contribution in [3.63, 3.8) is 0 Å². The van der Waals surface area contributed by atoms with E-state index >= 15 is 0 Å². The number of likely N-dealkylation sites (tertiary alicyclic amines) is 1.